The highest BCUT2D eigenvalue weighted by Crippen LogP contribution is 2.05. The molecule has 0 fully saturated rings. The van der Waals surface area contributed by atoms with Gasteiger partial charge >= 0.3 is 5.97 Å². The number of nitrogens with zero attached hydrogens (tertiary/aromatic N) is 3. The topological polar surface area (TPSA) is 57.0 Å². The van der Waals surface area contributed by atoms with Crippen molar-refractivity contribution in [1.29, 1.82) is 0 Å². The standard InChI is InChI=1S/C7H11N3O2/c1-5-4-10(9-8-5)6(2)7(11)12-3/h4,6H,1-3H3/t6-/m1/s1. The number of aryl methyl sites for hydroxylation is 1. The minimum absolute atomic E-state index is 0.320. The zero-order chi connectivity index (χ0) is 9.14. The van der Waals surface area contributed by atoms with E-state index < -0.39 is 6.04 Å². The summed E-state index contributed by atoms with van der Waals surface area (Å²) in [5.74, 6) is -0.320. The van der Waals surface area contributed by atoms with Crippen LogP contribution in [0, 0.1) is 6.92 Å². The lowest BCUT2D eigenvalue weighted by Crippen LogP contribution is -2.18. The molecule has 0 bridgehead atoms. The maximum atomic E-state index is 11.0. The van der Waals surface area contributed by atoms with Gasteiger partial charge in [0.1, 0.15) is 6.04 Å². The number of carbonyl (C=O) groups is 1. The van der Waals surface area contributed by atoms with Gasteiger partial charge in [-0.15, -0.1) is 5.10 Å². The van der Waals surface area contributed by atoms with Crippen LogP contribution in [0.3, 0.4) is 0 Å². The molecule has 0 saturated carbocycles. The monoisotopic (exact) mass is 169 g/mol. The van der Waals surface area contributed by atoms with E-state index in [0.717, 1.165) is 5.69 Å². The average molecular weight is 169 g/mol. The Morgan fingerprint density at radius 3 is 2.83 bits per heavy atom. The van der Waals surface area contributed by atoms with Crippen molar-refractivity contribution in [2.45, 2.75) is 19.9 Å². The summed E-state index contributed by atoms with van der Waals surface area (Å²) in [6, 6.07) is -0.406. The number of ether oxygens (including phenoxy) is 1. The Morgan fingerprint density at radius 2 is 2.42 bits per heavy atom. The maximum absolute atomic E-state index is 11.0. The van der Waals surface area contributed by atoms with Crippen LogP contribution in [0.5, 0.6) is 0 Å². The average Bonchev–Trinajstić information content (AvgIpc) is 2.49. The van der Waals surface area contributed by atoms with Crippen LogP contribution in [0.15, 0.2) is 6.20 Å². The molecule has 0 saturated heterocycles. The van der Waals surface area contributed by atoms with Crippen molar-refractivity contribution >= 4 is 5.97 Å². The van der Waals surface area contributed by atoms with Gasteiger partial charge in [0.05, 0.1) is 12.8 Å². The van der Waals surface area contributed by atoms with Crippen LogP contribution >= 0.6 is 0 Å². The van der Waals surface area contributed by atoms with Crippen molar-refractivity contribution < 1.29 is 9.53 Å². The second-order valence-corrected chi connectivity index (χ2v) is 2.54. The lowest BCUT2D eigenvalue weighted by atomic mass is 10.3. The van der Waals surface area contributed by atoms with Gasteiger partial charge in [-0.3, -0.25) is 0 Å². The van der Waals surface area contributed by atoms with E-state index in [1.165, 1.54) is 11.8 Å². The predicted molar refractivity (Wildman–Crippen MR) is 41.5 cm³/mol. The Morgan fingerprint density at radius 1 is 1.75 bits per heavy atom. The molecule has 0 unspecified atom stereocenters. The van der Waals surface area contributed by atoms with Crippen LogP contribution in [0.1, 0.15) is 18.7 Å². The normalized spacial score (nSPS) is 12.6. The van der Waals surface area contributed by atoms with Crippen LogP contribution in [0.25, 0.3) is 0 Å². The van der Waals surface area contributed by atoms with Gasteiger partial charge in [-0.2, -0.15) is 0 Å². The van der Waals surface area contributed by atoms with Gasteiger partial charge < -0.3 is 4.74 Å². The van der Waals surface area contributed by atoms with Gasteiger partial charge in [-0.25, -0.2) is 9.48 Å². The summed E-state index contributed by atoms with van der Waals surface area (Å²) < 4.78 is 6.02. The molecule has 66 valence electrons. The van der Waals surface area contributed by atoms with E-state index in [1.807, 2.05) is 6.92 Å². The first-order chi connectivity index (χ1) is 5.65. The Kier molecular flexibility index (Phi) is 2.42. The molecule has 1 rings (SSSR count). The van der Waals surface area contributed by atoms with Crippen molar-refractivity contribution in [3.05, 3.63) is 11.9 Å². The fraction of sp³-hybridized carbons (Fsp3) is 0.571. The van der Waals surface area contributed by atoms with E-state index in [-0.39, 0.29) is 5.97 Å². The van der Waals surface area contributed by atoms with Crippen molar-refractivity contribution in [3.63, 3.8) is 0 Å². The minimum atomic E-state index is -0.406. The summed E-state index contributed by atoms with van der Waals surface area (Å²) in [4.78, 5) is 11.0. The molecule has 0 N–H and O–H groups in total. The number of rotatable bonds is 2. The Bertz CT molecular complexity index is 282. The summed E-state index contributed by atoms with van der Waals surface area (Å²) in [5, 5.41) is 7.51. The summed E-state index contributed by atoms with van der Waals surface area (Å²) in [7, 11) is 1.35. The number of methoxy groups -OCH3 is 1. The van der Waals surface area contributed by atoms with E-state index in [4.69, 9.17) is 0 Å². The molecule has 12 heavy (non-hydrogen) atoms. The third-order valence-electron chi connectivity index (χ3n) is 1.56. The van der Waals surface area contributed by atoms with Crippen molar-refractivity contribution in [3.8, 4) is 0 Å². The second-order valence-electron chi connectivity index (χ2n) is 2.54. The highest BCUT2D eigenvalue weighted by Gasteiger charge is 2.15. The molecular weight excluding hydrogens is 158 g/mol. The quantitative estimate of drug-likeness (QED) is 0.598. The largest absolute Gasteiger partial charge is 0.467 e. The van der Waals surface area contributed by atoms with Crippen molar-refractivity contribution in [2.75, 3.05) is 7.11 Å². The van der Waals surface area contributed by atoms with Crippen LogP contribution in [0.2, 0.25) is 0 Å². The minimum Gasteiger partial charge on any atom is -0.467 e. The van der Waals surface area contributed by atoms with Gasteiger partial charge in [-0.05, 0) is 13.8 Å². The van der Waals surface area contributed by atoms with Crippen LogP contribution in [-0.2, 0) is 9.53 Å². The first-order valence-corrected chi connectivity index (χ1v) is 3.61. The number of hydrogen-bond acceptors (Lipinski definition) is 4. The van der Waals surface area contributed by atoms with E-state index in [9.17, 15) is 4.79 Å². The van der Waals surface area contributed by atoms with E-state index in [2.05, 4.69) is 15.0 Å². The van der Waals surface area contributed by atoms with E-state index >= 15 is 0 Å². The summed E-state index contributed by atoms with van der Waals surface area (Å²) in [6.07, 6.45) is 1.70. The number of carbonyl (C=O) groups excluding carboxylic acids is 1. The van der Waals surface area contributed by atoms with Gasteiger partial charge in [0.25, 0.3) is 0 Å². The van der Waals surface area contributed by atoms with Gasteiger partial charge in [0.15, 0.2) is 0 Å². The van der Waals surface area contributed by atoms with E-state index in [0.29, 0.717) is 0 Å². The highest BCUT2D eigenvalue weighted by atomic mass is 16.5. The van der Waals surface area contributed by atoms with Crippen LogP contribution in [-0.4, -0.2) is 28.1 Å². The second kappa shape index (κ2) is 3.34. The molecule has 0 aromatic carbocycles. The van der Waals surface area contributed by atoms with Gasteiger partial charge in [0.2, 0.25) is 0 Å². The molecule has 0 aliphatic carbocycles. The van der Waals surface area contributed by atoms with Gasteiger partial charge in [-0.1, -0.05) is 5.21 Å². The third-order valence-corrected chi connectivity index (χ3v) is 1.56. The summed E-state index contributed by atoms with van der Waals surface area (Å²) in [5.41, 5.74) is 0.783. The fourth-order valence-corrected chi connectivity index (χ4v) is 0.833. The molecule has 5 nitrogen and oxygen atoms in total. The molecule has 1 aromatic heterocycles. The lowest BCUT2D eigenvalue weighted by molar-refractivity contribution is -0.144. The number of aromatic nitrogens is 3. The maximum Gasteiger partial charge on any atom is 0.330 e. The number of hydrogen-bond donors (Lipinski definition) is 0. The Hall–Kier alpha value is -1.39. The SMILES string of the molecule is COC(=O)[C@@H](C)n1cc(C)nn1. The first-order valence-electron chi connectivity index (χ1n) is 3.61. The highest BCUT2D eigenvalue weighted by molar-refractivity contribution is 5.73. The molecule has 0 amide bonds. The first kappa shape index (κ1) is 8.70. The van der Waals surface area contributed by atoms with Crippen molar-refractivity contribution in [1.82, 2.24) is 15.0 Å². The third kappa shape index (κ3) is 1.61. The molecule has 0 spiro atoms. The number of esters is 1. The Labute approximate surface area is 70.3 Å². The van der Waals surface area contributed by atoms with E-state index in [1.54, 1.807) is 13.1 Å². The molecule has 5 heteroatoms. The zero-order valence-corrected chi connectivity index (χ0v) is 7.31. The fourth-order valence-electron chi connectivity index (χ4n) is 0.833. The summed E-state index contributed by atoms with van der Waals surface area (Å²) >= 11 is 0. The molecule has 0 radical (unpaired) electrons. The lowest BCUT2D eigenvalue weighted by Gasteiger charge is -2.07. The molecule has 1 aromatic rings. The molecular formula is C7H11N3O2. The van der Waals surface area contributed by atoms with Crippen LogP contribution < -0.4 is 0 Å². The molecule has 0 aliphatic heterocycles. The summed E-state index contributed by atoms with van der Waals surface area (Å²) in [6.45, 7) is 3.52. The van der Waals surface area contributed by atoms with Crippen LogP contribution in [0.4, 0.5) is 0 Å². The van der Waals surface area contributed by atoms with Gasteiger partial charge in [0, 0.05) is 6.20 Å². The molecule has 1 atom stereocenters. The Balaban J connectivity index is 2.77. The molecule has 1 heterocycles. The molecule has 0 aliphatic rings. The predicted octanol–water partition coefficient (Wildman–Crippen LogP) is 0.321. The smallest absolute Gasteiger partial charge is 0.330 e. The zero-order valence-electron chi connectivity index (χ0n) is 7.31. The van der Waals surface area contributed by atoms with Crippen molar-refractivity contribution in [2.24, 2.45) is 0 Å².